The Morgan fingerprint density at radius 3 is 3.08 bits per heavy atom. The molecule has 1 aromatic rings. The maximum Gasteiger partial charge on any atom is 0.0635 e. The van der Waals surface area contributed by atoms with Crippen LogP contribution in [0.5, 0.6) is 0 Å². The molecule has 1 atom stereocenters. The Morgan fingerprint density at radius 2 is 2.54 bits per heavy atom. The van der Waals surface area contributed by atoms with Gasteiger partial charge in [-0.05, 0) is 17.9 Å². The SMILES string of the molecule is CCC(NCCC#N)c1cccs1. The van der Waals surface area contributed by atoms with Crippen molar-refractivity contribution in [2.45, 2.75) is 25.8 Å². The summed E-state index contributed by atoms with van der Waals surface area (Å²) in [7, 11) is 0. The van der Waals surface area contributed by atoms with Gasteiger partial charge in [0.2, 0.25) is 0 Å². The maximum atomic E-state index is 8.40. The second kappa shape index (κ2) is 5.74. The van der Waals surface area contributed by atoms with Crippen molar-refractivity contribution in [2.75, 3.05) is 6.54 Å². The van der Waals surface area contributed by atoms with Crippen molar-refractivity contribution in [1.82, 2.24) is 5.32 Å². The zero-order valence-corrected chi connectivity index (χ0v) is 8.60. The van der Waals surface area contributed by atoms with Gasteiger partial charge < -0.3 is 5.32 Å². The Bertz CT molecular complexity index is 261. The lowest BCUT2D eigenvalue weighted by Crippen LogP contribution is -2.20. The van der Waals surface area contributed by atoms with Gasteiger partial charge in [0.05, 0.1) is 6.07 Å². The van der Waals surface area contributed by atoms with Crippen LogP contribution in [0.4, 0.5) is 0 Å². The number of nitrogens with one attached hydrogen (secondary N) is 1. The second-order valence-electron chi connectivity index (χ2n) is 2.84. The molecule has 2 nitrogen and oxygen atoms in total. The van der Waals surface area contributed by atoms with Gasteiger partial charge >= 0.3 is 0 Å². The van der Waals surface area contributed by atoms with Crippen LogP contribution in [0.1, 0.15) is 30.7 Å². The Kier molecular flexibility index (Phi) is 4.52. The van der Waals surface area contributed by atoms with E-state index in [0.29, 0.717) is 12.5 Å². The van der Waals surface area contributed by atoms with Crippen molar-refractivity contribution in [3.8, 4) is 6.07 Å². The fraction of sp³-hybridized carbons (Fsp3) is 0.500. The molecule has 1 rings (SSSR count). The molecule has 1 heterocycles. The highest BCUT2D eigenvalue weighted by atomic mass is 32.1. The summed E-state index contributed by atoms with van der Waals surface area (Å²) >= 11 is 1.77. The second-order valence-corrected chi connectivity index (χ2v) is 3.82. The van der Waals surface area contributed by atoms with Gasteiger partial charge in [-0.15, -0.1) is 11.3 Å². The summed E-state index contributed by atoms with van der Waals surface area (Å²) in [5.41, 5.74) is 0. The molecule has 0 aliphatic carbocycles. The molecule has 70 valence electrons. The van der Waals surface area contributed by atoms with E-state index in [-0.39, 0.29) is 0 Å². The lowest BCUT2D eigenvalue weighted by Gasteiger charge is -2.13. The summed E-state index contributed by atoms with van der Waals surface area (Å²) in [6.45, 7) is 2.94. The van der Waals surface area contributed by atoms with Gasteiger partial charge in [-0.25, -0.2) is 0 Å². The average Bonchev–Trinajstić information content (AvgIpc) is 2.65. The third-order valence-corrected chi connectivity index (χ3v) is 2.91. The summed E-state index contributed by atoms with van der Waals surface area (Å²) in [4.78, 5) is 1.36. The molecular weight excluding hydrogens is 180 g/mol. The van der Waals surface area contributed by atoms with Crippen molar-refractivity contribution in [2.24, 2.45) is 0 Å². The number of nitrogens with zero attached hydrogens (tertiary/aromatic N) is 1. The summed E-state index contributed by atoms with van der Waals surface area (Å²) in [6, 6.07) is 6.76. The van der Waals surface area contributed by atoms with Crippen LogP contribution in [0, 0.1) is 11.3 Å². The fourth-order valence-corrected chi connectivity index (χ4v) is 2.12. The van der Waals surface area contributed by atoms with E-state index >= 15 is 0 Å². The van der Waals surface area contributed by atoms with Gasteiger partial charge in [0.15, 0.2) is 0 Å². The average molecular weight is 194 g/mol. The Hall–Kier alpha value is -0.850. The topological polar surface area (TPSA) is 35.8 Å². The molecule has 0 saturated carbocycles. The highest BCUT2D eigenvalue weighted by Gasteiger charge is 2.07. The van der Waals surface area contributed by atoms with Crippen LogP contribution >= 0.6 is 11.3 Å². The Balaban J connectivity index is 2.41. The molecule has 0 amide bonds. The van der Waals surface area contributed by atoms with E-state index < -0.39 is 0 Å². The van der Waals surface area contributed by atoms with Crippen molar-refractivity contribution >= 4 is 11.3 Å². The Labute approximate surface area is 83.2 Å². The molecule has 1 aromatic heterocycles. The molecule has 13 heavy (non-hydrogen) atoms. The molecule has 0 saturated heterocycles. The van der Waals surface area contributed by atoms with E-state index in [1.807, 2.05) is 0 Å². The molecule has 0 radical (unpaired) electrons. The molecule has 1 unspecified atom stereocenters. The van der Waals surface area contributed by atoms with Crippen LogP contribution < -0.4 is 5.32 Å². The van der Waals surface area contributed by atoms with Crippen molar-refractivity contribution in [1.29, 1.82) is 5.26 Å². The standard InChI is InChI=1S/C10H14N2S/c1-2-9(12-7-4-6-11)10-5-3-8-13-10/h3,5,8-9,12H,2,4,7H2,1H3. The van der Waals surface area contributed by atoms with Crippen LogP contribution in [-0.2, 0) is 0 Å². The molecular formula is C10H14N2S. The summed E-state index contributed by atoms with van der Waals surface area (Å²) in [5, 5.41) is 13.8. The Morgan fingerprint density at radius 1 is 1.69 bits per heavy atom. The highest BCUT2D eigenvalue weighted by molar-refractivity contribution is 7.10. The van der Waals surface area contributed by atoms with E-state index in [2.05, 4.69) is 35.8 Å². The smallest absolute Gasteiger partial charge is 0.0635 e. The molecule has 0 aliphatic rings. The number of rotatable bonds is 5. The first-order chi connectivity index (χ1) is 6.38. The minimum absolute atomic E-state index is 0.424. The van der Waals surface area contributed by atoms with Gasteiger partial charge in [0, 0.05) is 23.9 Å². The lowest BCUT2D eigenvalue weighted by atomic mass is 10.2. The number of hydrogen-bond donors (Lipinski definition) is 1. The first-order valence-corrected chi connectivity index (χ1v) is 5.40. The minimum atomic E-state index is 0.424. The van der Waals surface area contributed by atoms with Crippen LogP contribution in [0.3, 0.4) is 0 Å². The van der Waals surface area contributed by atoms with Gasteiger partial charge in [-0.3, -0.25) is 0 Å². The summed E-state index contributed by atoms with van der Waals surface area (Å²) in [5.74, 6) is 0. The van der Waals surface area contributed by atoms with Crippen molar-refractivity contribution in [3.05, 3.63) is 22.4 Å². The summed E-state index contributed by atoms with van der Waals surface area (Å²) in [6.07, 6.45) is 1.66. The molecule has 3 heteroatoms. The zero-order chi connectivity index (χ0) is 9.52. The van der Waals surface area contributed by atoms with Gasteiger partial charge in [0.1, 0.15) is 0 Å². The normalized spacial score (nSPS) is 12.3. The molecule has 0 aliphatic heterocycles. The quantitative estimate of drug-likeness (QED) is 0.731. The largest absolute Gasteiger partial charge is 0.308 e. The number of thiophene rings is 1. The van der Waals surface area contributed by atoms with Crippen molar-refractivity contribution < 1.29 is 0 Å². The van der Waals surface area contributed by atoms with E-state index in [9.17, 15) is 0 Å². The summed E-state index contributed by atoms with van der Waals surface area (Å²) < 4.78 is 0. The van der Waals surface area contributed by atoms with Gasteiger partial charge in [0.25, 0.3) is 0 Å². The molecule has 0 spiro atoms. The van der Waals surface area contributed by atoms with Crippen LogP contribution in [-0.4, -0.2) is 6.54 Å². The third-order valence-electron chi connectivity index (χ3n) is 1.92. The number of nitriles is 1. The fourth-order valence-electron chi connectivity index (χ4n) is 1.24. The third kappa shape index (κ3) is 3.17. The van der Waals surface area contributed by atoms with Gasteiger partial charge in [-0.2, -0.15) is 5.26 Å². The number of hydrogen-bond acceptors (Lipinski definition) is 3. The van der Waals surface area contributed by atoms with Crippen LogP contribution in [0.2, 0.25) is 0 Å². The highest BCUT2D eigenvalue weighted by Crippen LogP contribution is 2.21. The predicted molar refractivity (Wildman–Crippen MR) is 55.6 cm³/mol. The maximum absolute atomic E-state index is 8.40. The van der Waals surface area contributed by atoms with E-state index in [1.165, 1.54) is 4.88 Å². The molecule has 0 aromatic carbocycles. The van der Waals surface area contributed by atoms with E-state index in [0.717, 1.165) is 13.0 Å². The lowest BCUT2D eigenvalue weighted by molar-refractivity contribution is 0.534. The van der Waals surface area contributed by atoms with Crippen LogP contribution in [0.15, 0.2) is 17.5 Å². The zero-order valence-electron chi connectivity index (χ0n) is 7.79. The van der Waals surface area contributed by atoms with E-state index in [1.54, 1.807) is 11.3 Å². The van der Waals surface area contributed by atoms with Crippen LogP contribution in [0.25, 0.3) is 0 Å². The first kappa shape index (κ1) is 10.2. The molecule has 0 bridgehead atoms. The van der Waals surface area contributed by atoms with E-state index in [4.69, 9.17) is 5.26 Å². The first-order valence-electron chi connectivity index (χ1n) is 4.52. The van der Waals surface area contributed by atoms with Crippen molar-refractivity contribution in [3.63, 3.8) is 0 Å². The molecule has 0 fully saturated rings. The predicted octanol–water partition coefficient (Wildman–Crippen LogP) is 2.70. The molecule has 1 N–H and O–H groups in total. The van der Waals surface area contributed by atoms with Gasteiger partial charge in [-0.1, -0.05) is 13.0 Å². The monoisotopic (exact) mass is 194 g/mol. The minimum Gasteiger partial charge on any atom is -0.308 e.